The lowest BCUT2D eigenvalue weighted by Crippen LogP contribution is -2.40. The number of fused-ring (bicyclic) bond motifs is 1. The SMILES string of the molecule is C[Si](C)(O)c1c[nH]c2ccc(CCN)cc12. The van der Waals surface area contributed by atoms with Crippen LogP contribution in [0.2, 0.25) is 13.1 Å². The van der Waals surface area contributed by atoms with Crippen molar-refractivity contribution in [2.45, 2.75) is 19.5 Å². The Labute approximate surface area is 96.4 Å². The average Bonchev–Trinajstić information content (AvgIpc) is 2.60. The van der Waals surface area contributed by atoms with Crippen LogP contribution in [0.25, 0.3) is 10.9 Å². The summed E-state index contributed by atoms with van der Waals surface area (Å²) in [4.78, 5) is 13.4. The minimum absolute atomic E-state index is 0.658. The summed E-state index contributed by atoms with van der Waals surface area (Å²) in [5.41, 5.74) is 7.87. The number of aromatic nitrogens is 1. The summed E-state index contributed by atoms with van der Waals surface area (Å²) >= 11 is 0. The van der Waals surface area contributed by atoms with Gasteiger partial charge in [-0.1, -0.05) is 6.07 Å². The van der Waals surface area contributed by atoms with Crippen molar-refractivity contribution in [3.05, 3.63) is 30.0 Å². The number of nitrogens with two attached hydrogens (primary N) is 1. The maximum atomic E-state index is 10.2. The van der Waals surface area contributed by atoms with Crippen molar-refractivity contribution < 1.29 is 4.80 Å². The number of hydrogen-bond acceptors (Lipinski definition) is 2. The zero-order chi connectivity index (χ0) is 11.8. The molecule has 0 spiro atoms. The third-order valence-electron chi connectivity index (χ3n) is 2.84. The molecule has 16 heavy (non-hydrogen) atoms. The van der Waals surface area contributed by atoms with Crippen molar-refractivity contribution in [2.24, 2.45) is 5.73 Å². The van der Waals surface area contributed by atoms with Gasteiger partial charge in [-0.2, -0.15) is 0 Å². The van der Waals surface area contributed by atoms with Crippen LogP contribution >= 0.6 is 0 Å². The minimum Gasteiger partial charge on any atom is -0.428 e. The molecule has 2 rings (SSSR count). The number of rotatable bonds is 3. The molecular formula is C12H18N2OSi. The van der Waals surface area contributed by atoms with Gasteiger partial charge in [0, 0.05) is 17.1 Å². The van der Waals surface area contributed by atoms with Crippen LogP contribution < -0.4 is 10.9 Å². The molecule has 0 unspecified atom stereocenters. The highest BCUT2D eigenvalue weighted by Crippen LogP contribution is 2.16. The van der Waals surface area contributed by atoms with Gasteiger partial charge in [0.05, 0.1) is 0 Å². The first-order valence-corrected chi connectivity index (χ1v) is 8.50. The van der Waals surface area contributed by atoms with Crippen molar-refractivity contribution in [2.75, 3.05) is 6.54 Å². The van der Waals surface area contributed by atoms with Gasteiger partial charge in [0.2, 0.25) is 8.32 Å². The van der Waals surface area contributed by atoms with E-state index in [4.69, 9.17) is 5.73 Å². The fraction of sp³-hybridized carbons (Fsp3) is 0.333. The Balaban J connectivity index is 2.56. The number of benzene rings is 1. The number of nitrogens with one attached hydrogen (secondary N) is 1. The van der Waals surface area contributed by atoms with E-state index in [-0.39, 0.29) is 0 Å². The highest BCUT2D eigenvalue weighted by Gasteiger charge is 2.23. The Bertz CT molecular complexity index is 499. The summed E-state index contributed by atoms with van der Waals surface area (Å²) in [7, 11) is -2.25. The lowest BCUT2D eigenvalue weighted by atomic mass is 10.1. The quantitative estimate of drug-likeness (QED) is 0.696. The first-order chi connectivity index (χ1) is 7.52. The number of aromatic amines is 1. The maximum absolute atomic E-state index is 10.2. The highest BCUT2D eigenvalue weighted by atomic mass is 28.4. The zero-order valence-corrected chi connectivity index (χ0v) is 10.7. The largest absolute Gasteiger partial charge is 0.428 e. The Morgan fingerprint density at radius 1 is 1.38 bits per heavy atom. The molecule has 1 heterocycles. The Morgan fingerprint density at radius 3 is 2.75 bits per heavy atom. The van der Waals surface area contributed by atoms with Crippen molar-refractivity contribution in [3.8, 4) is 0 Å². The molecular weight excluding hydrogens is 216 g/mol. The van der Waals surface area contributed by atoms with Crippen molar-refractivity contribution >= 4 is 24.4 Å². The van der Waals surface area contributed by atoms with Gasteiger partial charge in [-0.05, 0) is 48.9 Å². The van der Waals surface area contributed by atoms with Crippen molar-refractivity contribution in [3.63, 3.8) is 0 Å². The summed E-state index contributed by atoms with van der Waals surface area (Å²) in [5, 5.41) is 2.21. The van der Waals surface area contributed by atoms with E-state index in [0.717, 1.165) is 22.5 Å². The highest BCUT2D eigenvalue weighted by molar-refractivity contribution is 6.85. The molecule has 86 valence electrons. The average molecular weight is 234 g/mol. The molecule has 1 aromatic carbocycles. The smallest absolute Gasteiger partial charge is 0.216 e. The standard InChI is InChI=1S/C12H18N2OSi/c1-16(2,15)12-8-14-11-4-3-9(5-6-13)7-10(11)12/h3-4,7-8,14-15H,5-6,13H2,1-2H3. The molecule has 0 fully saturated rings. The Kier molecular flexibility index (Phi) is 2.88. The minimum atomic E-state index is -2.25. The molecule has 1 aromatic heterocycles. The summed E-state index contributed by atoms with van der Waals surface area (Å²) in [5.74, 6) is 0. The van der Waals surface area contributed by atoms with Crippen LogP contribution in [0.3, 0.4) is 0 Å². The Hall–Kier alpha value is -1.10. The van der Waals surface area contributed by atoms with Crippen molar-refractivity contribution in [1.82, 2.24) is 4.98 Å². The molecule has 0 radical (unpaired) electrons. The first-order valence-electron chi connectivity index (χ1n) is 5.55. The third kappa shape index (κ3) is 2.04. The molecule has 0 bridgehead atoms. The topological polar surface area (TPSA) is 62.0 Å². The monoisotopic (exact) mass is 234 g/mol. The molecule has 2 aromatic rings. The van der Waals surface area contributed by atoms with Gasteiger partial charge in [0.15, 0.2) is 0 Å². The number of hydrogen-bond donors (Lipinski definition) is 3. The lowest BCUT2D eigenvalue weighted by molar-refractivity contribution is 0.569. The normalized spacial score (nSPS) is 12.2. The van der Waals surface area contributed by atoms with Gasteiger partial charge in [-0.3, -0.25) is 0 Å². The van der Waals surface area contributed by atoms with Gasteiger partial charge >= 0.3 is 0 Å². The molecule has 0 aliphatic heterocycles. The van der Waals surface area contributed by atoms with Crippen LogP contribution in [0.4, 0.5) is 0 Å². The van der Waals surface area contributed by atoms with Gasteiger partial charge < -0.3 is 15.5 Å². The van der Waals surface area contributed by atoms with E-state index in [2.05, 4.69) is 23.2 Å². The fourth-order valence-electron chi connectivity index (χ4n) is 2.00. The molecule has 3 nitrogen and oxygen atoms in total. The second-order valence-electron chi connectivity index (χ2n) is 4.68. The summed E-state index contributed by atoms with van der Waals surface area (Å²) in [6.45, 7) is 4.53. The van der Waals surface area contributed by atoms with E-state index in [1.165, 1.54) is 5.56 Å². The van der Waals surface area contributed by atoms with E-state index in [9.17, 15) is 4.80 Å². The van der Waals surface area contributed by atoms with Crippen LogP contribution in [0.1, 0.15) is 5.56 Å². The second-order valence-corrected chi connectivity index (χ2v) is 8.34. The predicted molar refractivity (Wildman–Crippen MR) is 70.4 cm³/mol. The summed E-state index contributed by atoms with van der Waals surface area (Å²) in [6.07, 6.45) is 2.82. The maximum Gasteiger partial charge on any atom is 0.216 e. The van der Waals surface area contributed by atoms with E-state index in [1.54, 1.807) is 0 Å². The molecule has 0 saturated heterocycles. The molecule has 0 atom stereocenters. The fourth-order valence-corrected chi connectivity index (χ4v) is 3.29. The van der Waals surface area contributed by atoms with Gasteiger partial charge in [0.25, 0.3) is 0 Å². The third-order valence-corrected chi connectivity index (χ3v) is 4.57. The molecule has 0 aliphatic carbocycles. The zero-order valence-electron chi connectivity index (χ0n) is 9.75. The van der Waals surface area contributed by atoms with E-state index < -0.39 is 8.32 Å². The molecule has 0 saturated carbocycles. The molecule has 0 amide bonds. The lowest BCUT2D eigenvalue weighted by Gasteiger charge is -2.13. The van der Waals surface area contributed by atoms with E-state index >= 15 is 0 Å². The van der Waals surface area contributed by atoms with Crippen LogP contribution in [0, 0.1) is 0 Å². The predicted octanol–water partition coefficient (Wildman–Crippen LogP) is 1.07. The Morgan fingerprint density at radius 2 is 2.12 bits per heavy atom. The van der Waals surface area contributed by atoms with E-state index in [1.807, 2.05) is 19.3 Å². The second kappa shape index (κ2) is 4.05. The molecule has 0 aliphatic rings. The molecule has 4 N–H and O–H groups in total. The number of H-pyrrole nitrogens is 1. The van der Waals surface area contributed by atoms with E-state index in [0.29, 0.717) is 6.54 Å². The molecule has 4 heteroatoms. The first kappa shape index (κ1) is 11.4. The summed E-state index contributed by atoms with van der Waals surface area (Å²) in [6, 6.07) is 6.28. The van der Waals surface area contributed by atoms with Crippen molar-refractivity contribution in [1.29, 1.82) is 0 Å². The van der Waals surface area contributed by atoms with Gasteiger partial charge in [-0.15, -0.1) is 0 Å². The van der Waals surface area contributed by atoms with Gasteiger partial charge in [-0.25, -0.2) is 0 Å². The van der Waals surface area contributed by atoms with Gasteiger partial charge in [0.1, 0.15) is 0 Å². The van der Waals surface area contributed by atoms with Crippen LogP contribution in [-0.4, -0.2) is 24.6 Å². The van der Waals surface area contributed by atoms with Crippen LogP contribution in [0.15, 0.2) is 24.4 Å². The summed E-state index contributed by atoms with van der Waals surface area (Å²) < 4.78 is 0. The van der Waals surface area contributed by atoms with Crippen LogP contribution in [-0.2, 0) is 6.42 Å². The van der Waals surface area contributed by atoms with Crippen LogP contribution in [0.5, 0.6) is 0 Å².